The molecule has 0 aliphatic carbocycles. The number of rotatable bonds is 4. The van der Waals surface area contributed by atoms with Crippen LogP contribution < -0.4 is 5.73 Å². The van der Waals surface area contributed by atoms with Crippen LogP contribution >= 0.6 is 0 Å². The Balaban J connectivity index is 2.36. The Morgan fingerprint density at radius 3 is 2.65 bits per heavy atom. The molecule has 3 nitrogen and oxygen atoms in total. The summed E-state index contributed by atoms with van der Waals surface area (Å²) in [5.41, 5.74) is 9.14. The SMILES string of the molecule is CCC(N)Cc1c(C)noc1-c1ccccc1. The van der Waals surface area contributed by atoms with Crippen LogP contribution in [0.4, 0.5) is 0 Å². The van der Waals surface area contributed by atoms with Crippen molar-refractivity contribution in [2.75, 3.05) is 0 Å². The van der Waals surface area contributed by atoms with E-state index in [4.69, 9.17) is 10.3 Å². The van der Waals surface area contributed by atoms with Crippen LogP contribution in [0, 0.1) is 6.92 Å². The zero-order valence-corrected chi connectivity index (χ0v) is 10.3. The molecule has 3 heteroatoms. The molecule has 0 aliphatic rings. The van der Waals surface area contributed by atoms with Crippen molar-refractivity contribution in [2.45, 2.75) is 32.7 Å². The summed E-state index contributed by atoms with van der Waals surface area (Å²) < 4.78 is 5.42. The van der Waals surface area contributed by atoms with E-state index < -0.39 is 0 Å². The van der Waals surface area contributed by atoms with Crippen molar-refractivity contribution in [3.05, 3.63) is 41.6 Å². The van der Waals surface area contributed by atoms with E-state index in [1.165, 1.54) is 0 Å². The van der Waals surface area contributed by atoms with Crippen molar-refractivity contribution < 1.29 is 4.52 Å². The molecule has 90 valence electrons. The fourth-order valence-corrected chi connectivity index (χ4v) is 1.85. The largest absolute Gasteiger partial charge is 0.356 e. The van der Waals surface area contributed by atoms with Crippen LogP contribution in [0.3, 0.4) is 0 Å². The lowest BCUT2D eigenvalue weighted by molar-refractivity contribution is 0.426. The molecule has 1 unspecified atom stereocenters. The van der Waals surface area contributed by atoms with Crippen molar-refractivity contribution >= 4 is 0 Å². The smallest absolute Gasteiger partial charge is 0.170 e. The number of aryl methyl sites for hydroxylation is 1. The standard InChI is InChI=1S/C14H18N2O/c1-3-12(15)9-13-10(2)16-17-14(13)11-7-5-4-6-8-11/h4-8,12H,3,9,15H2,1-2H3. The summed E-state index contributed by atoms with van der Waals surface area (Å²) >= 11 is 0. The van der Waals surface area contributed by atoms with E-state index in [0.29, 0.717) is 0 Å². The van der Waals surface area contributed by atoms with Crippen LogP contribution in [-0.2, 0) is 6.42 Å². The van der Waals surface area contributed by atoms with Gasteiger partial charge in [-0.3, -0.25) is 0 Å². The molecular formula is C14H18N2O. The molecule has 2 rings (SSSR count). The van der Waals surface area contributed by atoms with Gasteiger partial charge in [-0.2, -0.15) is 0 Å². The number of nitrogens with zero attached hydrogens (tertiary/aromatic N) is 1. The second kappa shape index (κ2) is 5.15. The van der Waals surface area contributed by atoms with E-state index in [1.807, 2.05) is 37.3 Å². The number of hydrogen-bond donors (Lipinski definition) is 1. The first-order chi connectivity index (χ1) is 8.22. The summed E-state index contributed by atoms with van der Waals surface area (Å²) in [6, 6.07) is 10.2. The van der Waals surface area contributed by atoms with Crippen LogP contribution in [0.2, 0.25) is 0 Å². The van der Waals surface area contributed by atoms with Gasteiger partial charge in [0, 0.05) is 17.2 Å². The van der Waals surface area contributed by atoms with Crippen molar-refractivity contribution in [3.63, 3.8) is 0 Å². The van der Waals surface area contributed by atoms with Gasteiger partial charge in [-0.15, -0.1) is 0 Å². The average Bonchev–Trinajstić information content (AvgIpc) is 2.72. The number of aromatic nitrogens is 1. The van der Waals surface area contributed by atoms with Gasteiger partial charge in [-0.05, 0) is 19.8 Å². The first-order valence-corrected chi connectivity index (χ1v) is 5.98. The third kappa shape index (κ3) is 2.56. The van der Waals surface area contributed by atoms with Gasteiger partial charge in [0.25, 0.3) is 0 Å². The van der Waals surface area contributed by atoms with Gasteiger partial charge >= 0.3 is 0 Å². The lowest BCUT2D eigenvalue weighted by atomic mass is 10.00. The molecule has 0 saturated heterocycles. The third-order valence-electron chi connectivity index (χ3n) is 3.01. The van der Waals surface area contributed by atoms with Crippen LogP contribution in [0.15, 0.2) is 34.9 Å². The summed E-state index contributed by atoms with van der Waals surface area (Å²) in [5, 5.41) is 4.05. The quantitative estimate of drug-likeness (QED) is 0.878. The Hall–Kier alpha value is -1.61. The molecule has 0 bridgehead atoms. The fourth-order valence-electron chi connectivity index (χ4n) is 1.85. The molecule has 1 heterocycles. The molecule has 0 amide bonds. The molecule has 0 radical (unpaired) electrons. The van der Waals surface area contributed by atoms with Crippen LogP contribution in [0.5, 0.6) is 0 Å². The van der Waals surface area contributed by atoms with Gasteiger partial charge in [0.1, 0.15) is 0 Å². The Bertz CT molecular complexity index is 476. The zero-order chi connectivity index (χ0) is 12.3. The van der Waals surface area contributed by atoms with Gasteiger partial charge in [0.05, 0.1) is 5.69 Å². The molecule has 2 aromatic rings. The van der Waals surface area contributed by atoms with E-state index in [2.05, 4.69) is 12.1 Å². The topological polar surface area (TPSA) is 52.0 Å². The molecule has 2 N–H and O–H groups in total. The third-order valence-corrected chi connectivity index (χ3v) is 3.01. The average molecular weight is 230 g/mol. The van der Waals surface area contributed by atoms with E-state index in [9.17, 15) is 0 Å². The van der Waals surface area contributed by atoms with E-state index in [-0.39, 0.29) is 6.04 Å². The highest BCUT2D eigenvalue weighted by molar-refractivity contribution is 5.61. The molecule has 17 heavy (non-hydrogen) atoms. The molecule has 0 fully saturated rings. The van der Waals surface area contributed by atoms with Crippen LogP contribution in [0.1, 0.15) is 24.6 Å². The van der Waals surface area contributed by atoms with Crippen molar-refractivity contribution in [2.24, 2.45) is 5.73 Å². The minimum Gasteiger partial charge on any atom is -0.356 e. The maximum atomic E-state index is 6.01. The van der Waals surface area contributed by atoms with E-state index in [1.54, 1.807) is 0 Å². The van der Waals surface area contributed by atoms with Crippen molar-refractivity contribution in [3.8, 4) is 11.3 Å². The summed E-state index contributed by atoms with van der Waals surface area (Å²) in [5.74, 6) is 0.854. The van der Waals surface area contributed by atoms with Crippen LogP contribution in [0.25, 0.3) is 11.3 Å². The molecule has 1 atom stereocenters. The monoisotopic (exact) mass is 230 g/mol. The fraction of sp³-hybridized carbons (Fsp3) is 0.357. The predicted octanol–water partition coefficient (Wildman–Crippen LogP) is 2.93. The Morgan fingerprint density at radius 2 is 2.00 bits per heavy atom. The summed E-state index contributed by atoms with van der Waals surface area (Å²) in [6.07, 6.45) is 1.77. The minimum atomic E-state index is 0.163. The number of nitrogens with two attached hydrogens (primary N) is 1. The van der Waals surface area contributed by atoms with Gasteiger partial charge < -0.3 is 10.3 Å². The normalized spacial score (nSPS) is 12.6. The molecule has 1 aromatic heterocycles. The number of hydrogen-bond acceptors (Lipinski definition) is 3. The van der Waals surface area contributed by atoms with Crippen molar-refractivity contribution in [1.29, 1.82) is 0 Å². The lowest BCUT2D eigenvalue weighted by Gasteiger charge is -2.08. The molecule has 0 aliphatic heterocycles. The Kier molecular flexibility index (Phi) is 3.59. The van der Waals surface area contributed by atoms with E-state index >= 15 is 0 Å². The van der Waals surface area contributed by atoms with E-state index in [0.717, 1.165) is 35.4 Å². The first-order valence-electron chi connectivity index (χ1n) is 5.98. The summed E-state index contributed by atoms with van der Waals surface area (Å²) in [4.78, 5) is 0. The second-order valence-electron chi connectivity index (χ2n) is 4.31. The van der Waals surface area contributed by atoms with Gasteiger partial charge in [-0.1, -0.05) is 42.4 Å². The zero-order valence-electron chi connectivity index (χ0n) is 10.3. The van der Waals surface area contributed by atoms with Gasteiger partial charge in [0.15, 0.2) is 5.76 Å². The molecular weight excluding hydrogens is 212 g/mol. The van der Waals surface area contributed by atoms with Crippen molar-refractivity contribution in [1.82, 2.24) is 5.16 Å². The van der Waals surface area contributed by atoms with Gasteiger partial charge in [-0.25, -0.2) is 0 Å². The van der Waals surface area contributed by atoms with Gasteiger partial charge in [0.2, 0.25) is 0 Å². The highest BCUT2D eigenvalue weighted by Gasteiger charge is 2.16. The van der Waals surface area contributed by atoms with Crippen LogP contribution in [-0.4, -0.2) is 11.2 Å². The minimum absolute atomic E-state index is 0.163. The highest BCUT2D eigenvalue weighted by atomic mass is 16.5. The lowest BCUT2D eigenvalue weighted by Crippen LogP contribution is -2.21. The number of benzene rings is 1. The Morgan fingerprint density at radius 1 is 1.29 bits per heavy atom. The highest BCUT2D eigenvalue weighted by Crippen LogP contribution is 2.27. The molecule has 0 saturated carbocycles. The predicted molar refractivity (Wildman–Crippen MR) is 68.6 cm³/mol. The maximum Gasteiger partial charge on any atom is 0.170 e. The first kappa shape index (κ1) is 11.9. The molecule has 1 aromatic carbocycles. The molecule has 0 spiro atoms. The summed E-state index contributed by atoms with van der Waals surface area (Å²) in [6.45, 7) is 4.06. The second-order valence-corrected chi connectivity index (χ2v) is 4.31. The maximum absolute atomic E-state index is 6.01. The Labute approximate surface area is 102 Å². The summed E-state index contributed by atoms with van der Waals surface area (Å²) in [7, 11) is 0.